The average Bonchev–Trinajstić information content (AvgIpc) is 2.54. The van der Waals surface area contributed by atoms with Crippen LogP contribution >= 0.6 is 0 Å². The molecule has 0 atom stereocenters. The Morgan fingerprint density at radius 3 is 2.81 bits per heavy atom. The number of aromatic nitrogens is 1. The zero-order valence-electron chi connectivity index (χ0n) is 12.8. The summed E-state index contributed by atoms with van der Waals surface area (Å²) in [6.45, 7) is 1.46. The van der Waals surface area contributed by atoms with Crippen molar-refractivity contribution in [3.8, 4) is 0 Å². The molecular weight excluding hydrogens is 262 g/mol. The standard InChI is InChI=1S/C17H25N3O/c1-20(14-10-16-7-11-18-12-8-16)17(21)19-13-9-15-5-3-2-4-6-15/h5,7-8,11-12H,2-4,6,9-10,13-14H2,1H3,(H,19,21). The zero-order chi connectivity index (χ0) is 14.9. The van der Waals surface area contributed by atoms with Crippen molar-refractivity contribution in [3.63, 3.8) is 0 Å². The van der Waals surface area contributed by atoms with Gasteiger partial charge in [0.2, 0.25) is 0 Å². The van der Waals surface area contributed by atoms with Crippen LogP contribution in [0.25, 0.3) is 0 Å². The van der Waals surface area contributed by atoms with Gasteiger partial charge in [-0.3, -0.25) is 4.98 Å². The van der Waals surface area contributed by atoms with Crippen LogP contribution in [-0.4, -0.2) is 36.1 Å². The quantitative estimate of drug-likeness (QED) is 0.817. The normalized spacial score (nSPS) is 14.4. The maximum atomic E-state index is 12.0. The predicted octanol–water partition coefficient (Wildman–Crippen LogP) is 3.16. The summed E-state index contributed by atoms with van der Waals surface area (Å²) >= 11 is 0. The molecule has 0 unspecified atom stereocenters. The van der Waals surface area contributed by atoms with E-state index in [2.05, 4.69) is 16.4 Å². The van der Waals surface area contributed by atoms with Crippen LogP contribution in [-0.2, 0) is 6.42 Å². The van der Waals surface area contributed by atoms with Gasteiger partial charge in [-0.1, -0.05) is 11.6 Å². The summed E-state index contributed by atoms with van der Waals surface area (Å²) in [7, 11) is 1.84. The summed E-state index contributed by atoms with van der Waals surface area (Å²) in [6, 6.07) is 3.99. The molecule has 114 valence electrons. The van der Waals surface area contributed by atoms with Gasteiger partial charge in [-0.15, -0.1) is 0 Å². The van der Waals surface area contributed by atoms with Crippen molar-refractivity contribution in [2.75, 3.05) is 20.1 Å². The lowest BCUT2D eigenvalue weighted by atomic mass is 9.97. The number of hydrogen-bond acceptors (Lipinski definition) is 2. The molecule has 1 aromatic heterocycles. The fourth-order valence-corrected chi connectivity index (χ4v) is 2.54. The van der Waals surface area contributed by atoms with Gasteiger partial charge in [-0.2, -0.15) is 0 Å². The highest BCUT2D eigenvalue weighted by Gasteiger charge is 2.09. The van der Waals surface area contributed by atoms with Gasteiger partial charge in [0.05, 0.1) is 0 Å². The van der Waals surface area contributed by atoms with Gasteiger partial charge in [0, 0.05) is 32.5 Å². The van der Waals surface area contributed by atoms with Gasteiger partial charge in [-0.25, -0.2) is 4.79 Å². The summed E-state index contributed by atoms with van der Waals surface area (Å²) in [5.74, 6) is 0. The minimum atomic E-state index is 0.0143. The molecule has 0 fully saturated rings. The second kappa shape index (κ2) is 8.45. The van der Waals surface area contributed by atoms with Crippen molar-refractivity contribution in [1.29, 1.82) is 0 Å². The van der Waals surface area contributed by atoms with Gasteiger partial charge >= 0.3 is 6.03 Å². The topological polar surface area (TPSA) is 45.2 Å². The van der Waals surface area contributed by atoms with E-state index in [1.165, 1.54) is 36.8 Å². The highest BCUT2D eigenvalue weighted by Crippen LogP contribution is 2.19. The van der Waals surface area contributed by atoms with E-state index in [9.17, 15) is 4.79 Å². The monoisotopic (exact) mass is 287 g/mol. The van der Waals surface area contributed by atoms with E-state index in [-0.39, 0.29) is 6.03 Å². The molecule has 1 aliphatic rings. The molecule has 0 aliphatic heterocycles. The molecule has 0 saturated carbocycles. The number of nitrogens with zero attached hydrogens (tertiary/aromatic N) is 2. The smallest absolute Gasteiger partial charge is 0.317 e. The molecule has 0 spiro atoms. The van der Waals surface area contributed by atoms with Gasteiger partial charge < -0.3 is 10.2 Å². The van der Waals surface area contributed by atoms with Crippen LogP contribution < -0.4 is 5.32 Å². The SMILES string of the molecule is CN(CCc1ccncc1)C(=O)NCCC1=CCCCC1. The number of likely N-dealkylation sites (N-methyl/N-ethyl adjacent to an activating group) is 1. The number of pyridine rings is 1. The van der Waals surface area contributed by atoms with Gasteiger partial charge in [0.1, 0.15) is 0 Å². The van der Waals surface area contributed by atoms with Crippen molar-refractivity contribution in [2.45, 2.75) is 38.5 Å². The van der Waals surface area contributed by atoms with Crippen LogP contribution in [0.4, 0.5) is 4.79 Å². The molecule has 2 amide bonds. The summed E-state index contributed by atoms with van der Waals surface area (Å²) in [5, 5.41) is 3.00. The Morgan fingerprint density at radius 2 is 2.10 bits per heavy atom. The van der Waals surface area contributed by atoms with Crippen molar-refractivity contribution in [3.05, 3.63) is 41.7 Å². The molecule has 0 aromatic carbocycles. The summed E-state index contributed by atoms with van der Waals surface area (Å²) in [4.78, 5) is 17.7. The van der Waals surface area contributed by atoms with Crippen LogP contribution in [0.2, 0.25) is 0 Å². The maximum absolute atomic E-state index is 12.0. The second-order valence-electron chi connectivity index (χ2n) is 5.62. The largest absolute Gasteiger partial charge is 0.338 e. The third-order valence-electron chi connectivity index (χ3n) is 3.94. The summed E-state index contributed by atoms with van der Waals surface area (Å²) in [6.07, 6.45) is 12.8. The molecule has 0 radical (unpaired) electrons. The zero-order valence-corrected chi connectivity index (χ0v) is 12.8. The summed E-state index contributed by atoms with van der Waals surface area (Å²) in [5.41, 5.74) is 2.71. The number of amides is 2. The van der Waals surface area contributed by atoms with Crippen LogP contribution in [0.15, 0.2) is 36.2 Å². The molecule has 2 rings (SSSR count). The van der Waals surface area contributed by atoms with E-state index in [1.54, 1.807) is 17.3 Å². The number of nitrogens with one attached hydrogen (secondary N) is 1. The number of allylic oxidation sites excluding steroid dienone is 1. The number of hydrogen-bond donors (Lipinski definition) is 1. The Bertz CT molecular complexity index is 470. The fourth-order valence-electron chi connectivity index (χ4n) is 2.54. The van der Waals surface area contributed by atoms with Gasteiger partial charge in [0.15, 0.2) is 0 Å². The van der Waals surface area contributed by atoms with Gasteiger partial charge in [-0.05, 0) is 56.2 Å². The molecule has 4 heteroatoms. The minimum Gasteiger partial charge on any atom is -0.338 e. The Labute approximate surface area is 127 Å². The molecule has 4 nitrogen and oxygen atoms in total. The van der Waals surface area contributed by atoms with E-state index >= 15 is 0 Å². The lowest BCUT2D eigenvalue weighted by Crippen LogP contribution is -2.38. The van der Waals surface area contributed by atoms with E-state index in [0.29, 0.717) is 0 Å². The Hall–Kier alpha value is -1.84. The minimum absolute atomic E-state index is 0.0143. The highest BCUT2D eigenvalue weighted by molar-refractivity contribution is 5.73. The van der Waals surface area contributed by atoms with Crippen molar-refractivity contribution in [1.82, 2.24) is 15.2 Å². The molecule has 0 saturated heterocycles. The Kier molecular flexibility index (Phi) is 6.25. The van der Waals surface area contributed by atoms with Crippen LogP contribution in [0.3, 0.4) is 0 Å². The molecule has 1 N–H and O–H groups in total. The van der Waals surface area contributed by atoms with Crippen molar-refractivity contribution < 1.29 is 4.79 Å². The molecular formula is C17H25N3O. The van der Waals surface area contributed by atoms with E-state index in [4.69, 9.17) is 0 Å². The second-order valence-corrected chi connectivity index (χ2v) is 5.62. The van der Waals surface area contributed by atoms with E-state index in [0.717, 1.165) is 25.9 Å². The third kappa shape index (κ3) is 5.58. The van der Waals surface area contributed by atoms with Crippen molar-refractivity contribution >= 4 is 6.03 Å². The van der Waals surface area contributed by atoms with Gasteiger partial charge in [0.25, 0.3) is 0 Å². The first kappa shape index (κ1) is 15.5. The molecule has 1 aromatic rings. The molecule has 21 heavy (non-hydrogen) atoms. The van der Waals surface area contributed by atoms with Crippen LogP contribution in [0.1, 0.15) is 37.7 Å². The number of urea groups is 1. The predicted molar refractivity (Wildman–Crippen MR) is 85.1 cm³/mol. The number of carbonyl (C=O) groups is 1. The number of rotatable bonds is 6. The fraction of sp³-hybridized carbons (Fsp3) is 0.529. The third-order valence-corrected chi connectivity index (χ3v) is 3.94. The van der Waals surface area contributed by atoms with Crippen LogP contribution in [0, 0.1) is 0 Å². The highest BCUT2D eigenvalue weighted by atomic mass is 16.2. The van der Waals surface area contributed by atoms with Crippen molar-refractivity contribution in [2.24, 2.45) is 0 Å². The molecule has 0 bridgehead atoms. The first-order valence-electron chi connectivity index (χ1n) is 7.81. The van der Waals surface area contributed by atoms with E-state index in [1.807, 2.05) is 19.2 Å². The van der Waals surface area contributed by atoms with Crippen LogP contribution in [0.5, 0.6) is 0 Å². The summed E-state index contributed by atoms with van der Waals surface area (Å²) < 4.78 is 0. The average molecular weight is 287 g/mol. The molecule has 1 aliphatic carbocycles. The Morgan fingerprint density at radius 1 is 1.29 bits per heavy atom. The van der Waals surface area contributed by atoms with E-state index < -0.39 is 0 Å². The lowest BCUT2D eigenvalue weighted by molar-refractivity contribution is 0.209. The first-order chi connectivity index (χ1) is 10.3. The Balaban J connectivity index is 1.64. The lowest BCUT2D eigenvalue weighted by Gasteiger charge is -2.19. The first-order valence-corrected chi connectivity index (χ1v) is 7.81. The maximum Gasteiger partial charge on any atom is 0.317 e. The number of carbonyl (C=O) groups excluding carboxylic acids is 1. The molecule has 1 heterocycles.